The Bertz CT molecular complexity index is 457. The monoisotopic (exact) mass is 253 g/mol. The van der Waals surface area contributed by atoms with Crippen LogP contribution < -0.4 is 11.1 Å². The summed E-state index contributed by atoms with van der Waals surface area (Å²) < 4.78 is 4.77. The summed E-state index contributed by atoms with van der Waals surface area (Å²) in [6.45, 7) is 0.125. The fourth-order valence-corrected chi connectivity index (χ4v) is 1.39. The largest absolute Gasteiger partial charge is 0.383 e. The van der Waals surface area contributed by atoms with Crippen LogP contribution in [-0.2, 0) is 9.53 Å². The highest BCUT2D eigenvalue weighted by Crippen LogP contribution is 2.22. The molecule has 6 heteroatoms. The van der Waals surface area contributed by atoms with E-state index in [1.165, 1.54) is 13.2 Å². The minimum absolute atomic E-state index is 0.125. The number of amides is 1. The first kappa shape index (κ1) is 13.5. The molecule has 0 heterocycles. The number of anilines is 1. The first-order valence-electron chi connectivity index (χ1n) is 4.83. The van der Waals surface area contributed by atoms with Crippen molar-refractivity contribution in [2.24, 2.45) is 5.73 Å². The van der Waals surface area contributed by atoms with Crippen LogP contribution in [0.3, 0.4) is 0 Å². The highest BCUT2D eigenvalue weighted by Gasteiger charge is 2.14. The van der Waals surface area contributed by atoms with Crippen LogP contribution >= 0.6 is 11.6 Å². The van der Waals surface area contributed by atoms with Crippen molar-refractivity contribution in [2.75, 3.05) is 19.0 Å². The number of halogens is 1. The average molecular weight is 254 g/mol. The number of hydrogen-bond acceptors (Lipinski definition) is 4. The zero-order valence-corrected chi connectivity index (χ0v) is 9.99. The van der Waals surface area contributed by atoms with E-state index in [0.717, 1.165) is 0 Å². The summed E-state index contributed by atoms with van der Waals surface area (Å²) in [4.78, 5) is 11.6. The zero-order chi connectivity index (χ0) is 12.8. The maximum absolute atomic E-state index is 11.6. The van der Waals surface area contributed by atoms with E-state index < -0.39 is 11.9 Å². The second-order valence-electron chi connectivity index (χ2n) is 3.36. The number of hydrogen-bond donors (Lipinski definition) is 2. The van der Waals surface area contributed by atoms with E-state index in [1.54, 1.807) is 12.1 Å². The van der Waals surface area contributed by atoms with E-state index in [9.17, 15) is 4.79 Å². The predicted octanol–water partition coefficient (Wildman–Crippen LogP) is 1.12. The van der Waals surface area contributed by atoms with Gasteiger partial charge in [0.2, 0.25) is 5.91 Å². The number of carbonyl (C=O) groups excluding carboxylic acids is 1. The lowest BCUT2D eigenvalue weighted by atomic mass is 10.2. The Kier molecular flexibility index (Phi) is 4.91. The molecule has 1 aromatic rings. The number of methoxy groups -OCH3 is 1. The van der Waals surface area contributed by atoms with Crippen molar-refractivity contribution in [3.05, 3.63) is 28.8 Å². The second kappa shape index (κ2) is 6.21. The maximum Gasteiger partial charge on any atom is 0.243 e. The third-order valence-corrected chi connectivity index (χ3v) is 2.35. The standard InChI is InChI=1S/C11H12ClN3O2/c1-17-6-9(14)11(16)15-10-3-2-7(5-13)4-8(10)12/h2-4,9H,6,14H2,1H3,(H,15,16). The van der Waals surface area contributed by atoms with Gasteiger partial charge in [-0.1, -0.05) is 11.6 Å². The van der Waals surface area contributed by atoms with Gasteiger partial charge in [-0.15, -0.1) is 0 Å². The van der Waals surface area contributed by atoms with Crippen molar-refractivity contribution in [3.63, 3.8) is 0 Å². The highest BCUT2D eigenvalue weighted by molar-refractivity contribution is 6.33. The van der Waals surface area contributed by atoms with Crippen molar-refractivity contribution in [1.29, 1.82) is 5.26 Å². The number of ether oxygens (including phenoxy) is 1. The molecule has 5 nitrogen and oxygen atoms in total. The molecule has 0 saturated heterocycles. The molecule has 3 N–H and O–H groups in total. The van der Waals surface area contributed by atoms with Gasteiger partial charge in [-0.05, 0) is 18.2 Å². The van der Waals surface area contributed by atoms with Crippen molar-refractivity contribution >= 4 is 23.2 Å². The Morgan fingerprint density at radius 2 is 2.41 bits per heavy atom. The zero-order valence-electron chi connectivity index (χ0n) is 9.24. The lowest BCUT2D eigenvalue weighted by Crippen LogP contribution is -2.39. The van der Waals surface area contributed by atoms with E-state index in [0.29, 0.717) is 16.3 Å². The van der Waals surface area contributed by atoms with Gasteiger partial charge in [0.05, 0.1) is 28.9 Å². The normalized spacial score (nSPS) is 11.6. The van der Waals surface area contributed by atoms with Gasteiger partial charge in [-0.25, -0.2) is 0 Å². The molecular weight excluding hydrogens is 242 g/mol. The summed E-state index contributed by atoms with van der Waals surface area (Å²) in [6, 6.07) is 5.78. The number of nitriles is 1. The molecular formula is C11H12ClN3O2. The van der Waals surface area contributed by atoms with E-state index >= 15 is 0 Å². The van der Waals surface area contributed by atoms with E-state index in [2.05, 4.69) is 5.32 Å². The molecule has 1 aromatic carbocycles. The molecule has 0 fully saturated rings. The van der Waals surface area contributed by atoms with Crippen LogP contribution in [-0.4, -0.2) is 25.7 Å². The molecule has 90 valence electrons. The molecule has 0 spiro atoms. The number of benzene rings is 1. The molecule has 1 unspecified atom stereocenters. The third kappa shape index (κ3) is 3.71. The summed E-state index contributed by atoms with van der Waals surface area (Å²) in [7, 11) is 1.46. The van der Waals surface area contributed by atoms with E-state index in [-0.39, 0.29) is 6.61 Å². The molecule has 17 heavy (non-hydrogen) atoms. The molecule has 0 aliphatic heterocycles. The fourth-order valence-electron chi connectivity index (χ4n) is 1.17. The Balaban J connectivity index is 2.76. The van der Waals surface area contributed by atoms with Crippen molar-refractivity contribution in [3.8, 4) is 6.07 Å². The number of nitrogens with zero attached hydrogens (tertiary/aromatic N) is 1. The van der Waals surface area contributed by atoms with Crippen LogP contribution in [0.1, 0.15) is 5.56 Å². The molecule has 1 atom stereocenters. The van der Waals surface area contributed by atoms with Gasteiger partial charge in [0.15, 0.2) is 0 Å². The average Bonchev–Trinajstić information content (AvgIpc) is 2.31. The van der Waals surface area contributed by atoms with Crippen molar-refractivity contribution in [2.45, 2.75) is 6.04 Å². The molecule has 1 amide bonds. The summed E-state index contributed by atoms with van der Waals surface area (Å²) in [5, 5.41) is 11.5. The summed E-state index contributed by atoms with van der Waals surface area (Å²) in [5.41, 5.74) is 6.39. The summed E-state index contributed by atoms with van der Waals surface area (Å²) in [5.74, 6) is -0.390. The SMILES string of the molecule is COCC(N)C(=O)Nc1ccc(C#N)cc1Cl. The van der Waals surface area contributed by atoms with Crippen LogP contribution in [0.15, 0.2) is 18.2 Å². The molecule has 0 bridgehead atoms. The number of rotatable bonds is 4. The number of nitrogens with two attached hydrogens (primary N) is 1. The quantitative estimate of drug-likeness (QED) is 0.842. The molecule has 0 saturated carbocycles. The van der Waals surface area contributed by atoms with Gasteiger partial charge >= 0.3 is 0 Å². The van der Waals surface area contributed by atoms with Gasteiger partial charge in [-0.2, -0.15) is 5.26 Å². The lowest BCUT2D eigenvalue weighted by Gasteiger charge is -2.12. The van der Waals surface area contributed by atoms with Crippen molar-refractivity contribution < 1.29 is 9.53 Å². The van der Waals surface area contributed by atoms with Crippen molar-refractivity contribution in [1.82, 2.24) is 0 Å². The summed E-state index contributed by atoms with van der Waals surface area (Å²) >= 11 is 5.90. The Hall–Kier alpha value is -1.61. The first-order valence-corrected chi connectivity index (χ1v) is 5.21. The Labute approximate surface area is 104 Å². The van der Waals surface area contributed by atoms with E-state index in [1.807, 2.05) is 6.07 Å². The molecule has 0 radical (unpaired) electrons. The fraction of sp³-hybridized carbons (Fsp3) is 0.273. The van der Waals surface area contributed by atoms with Crippen LogP contribution in [0.2, 0.25) is 5.02 Å². The van der Waals surface area contributed by atoms with Crippen LogP contribution in [0, 0.1) is 11.3 Å². The maximum atomic E-state index is 11.6. The van der Waals surface area contributed by atoms with E-state index in [4.69, 9.17) is 27.3 Å². The molecule has 0 aromatic heterocycles. The molecule has 0 aliphatic rings. The Morgan fingerprint density at radius 3 is 2.94 bits per heavy atom. The third-order valence-electron chi connectivity index (χ3n) is 2.04. The highest BCUT2D eigenvalue weighted by atomic mass is 35.5. The predicted molar refractivity (Wildman–Crippen MR) is 64.6 cm³/mol. The van der Waals surface area contributed by atoms with Crippen LogP contribution in [0.5, 0.6) is 0 Å². The second-order valence-corrected chi connectivity index (χ2v) is 3.76. The van der Waals surface area contributed by atoms with Gasteiger partial charge in [-0.3, -0.25) is 4.79 Å². The van der Waals surface area contributed by atoms with Gasteiger partial charge in [0.25, 0.3) is 0 Å². The van der Waals surface area contributed by atoms with Gasteiger partial charge in [0.1, 0.15) is 6.04 Å². The first-order chi connectivity index (χ1) is 8.08. The Morgan fingerprint density at radius 1 is 1.71 bits per heavy atom. The van der Waals surface area contributed by atoms with Gasteiger partial charge in [0, 0.05) is 7.11 Å². The van der Waals surface area contributed by atoms with Crippen LogP contribution in [0.25, 0.3) is 0 Å². The smallest absolute Gasteiger partial charge is 0.243 e. The minimum atomic E-state index is -0.758. The summed E-state index contributed by atoms with van der Waals surface area (Å²) in [6.07, 6.45) is 0. The van der Waals surface area contributed by atoms with Crippen LogP contribution in [0.4, 0.5) is 5.69 Å². The minimum Gasteiger partial charge on any atom is -0.383 e. The lowest BCUT2D eigenvalue weighted by molar-refractivity contribution is -0.118. The topological polar surface area (TPSA) is 88.1 Å². The number of nitrogens with one attached hydrogen (secondary N) is 1. The molecule has 1 rings (SSSR count). The van der Waals surface area contributed by atoms with Gasteiger partial charge < -0.3 is 15.8 Å². The number of carbonyl (C=O) groups is 1. The molecule has 0 aliphatic carbocycles.